The number of hydrogen-bond acceptors (Lipinski definition) is 2. The van der Waals surface area contributed by atoms with Gasteiger partial charge in [0.25, 0.3) is 0 Å². The fourth-order valence-electron chi connectivity index (χ4n) is 3.83. The number of carbonyl (C=O) groups excluding carboxylic acids is 1. The summed E-state index contributed by atoms with van der Waals surface area (Å²) in [5, 5.41) is 3.16. The molecule has 0 unspecified atom stereocenters. The summed E-state index contributed by atoms with van der Waals surface area (Å²) in [6, 6.07) is 16.0. The van der Waals surface area contributed by atoms with Gasteiger partial charge in [0.2, 0.25) is 0 Å². The molecular weight excluding hydrogens is 300 g/mol. The first-order chi connectivity index (χ1) is 11.5. The number of ether oxygens (including phenoxy) is 1. The number of hydrogen-bond donors (Lipinski definition) is 1. The lowest BCUT2D eigenvalue weighted by Crippen LogP contribution is -2.69. The van der Waals surface area contributed by atoms with E-state index in [4.69, 9.17) is 4.74 Å². The third kappa shape index (κ3) is 2.02. The highest BCUT2D eigenvalue weighted by Crippen LogP contribution is 2.48. The maximum absolute atomic E-state index is 12.9. The summed E-state index contributed by atoms with van der Waals surface area (Å²) in [4.78, 5) is 14.6. The number of urea groups is 1. The summed E-state index contributed by atoms with van der Waals surface area (Å²) in [5.41, 5.74) is 2.45. The second-order valence-electron chi connectivity index (χ2n) is 6.77. The molecule has 2 amide bonds. The molecule has 24 heavy (non-hydrogen) atoms. The fourth-order valence-corrected chi connectivity index (χ4v) is 3.83. The van der Waals surface area contributed by atoms with Crippen molar-refractivity contribution < 1.29 is 9.53 Å². The van der Waals surface area contributed by atoms with Gasteiger partial charge in [-0.15, -0.1) is 0 Å². The summed E-state index contributed by atoms with van der Waals surface area (Å²) in [7, 11) is 0. The summed E-state index contributed by atoms with van der Waals surface area (Å²) >= 11 is 0. The Labute approximate surface area is 142 Å². The molecule has 4 nitrogen and oxygen atoms in total. The molecule has 1 N–H and O–H groups in total. The third-order valence-electron chi connectivity index (χ3n) is 5.44. The number of carbonyl (C=O) groups is 1. The average Bonchev–Trinajstić information content (AvgIpc) is 2.58. The number of benzene rings is 2. The van der Waals surface area contributed by atoms with Crippen molar-refractivity contribution in [3.8, 4) is 5.75 Å². The normalized spacial score (nSPS) is 28.0. The van der Waals surface area contributed by atoms with E-state index >= 15 is 0 Å². The van der Waals surface area contributed by atoms with Crippen LogP contribution in [0.2, 0.25) is 0 Å². The van der Waals surface area contributed by atoms with Crippen LogP contribution in [0.3, 0.4) is 0 Å². The first kappa shape index (κ1) is 15.1. The highest BCUT2D eigenvalue weighted by molar-refractivity contribution is 5.95. The molecule has 2 aliphatic rings. The van der Waals surface area contributed by atoms with Crippen molar-refractivity contribution in [2.45, 2.75) is 39.0 Å². The Bertz CT molecular complexity index is 786. The molecule has 2 aromatic carbocycles. The van der Waals surface area contributed by atoms with Gasteiger partial charge < -0.3 is 10.1 Å². The monoisotopic (exact) mass is 322 g/mol. The molecule has 2 bridgehead atoms. The van der Waals surface area contributed by atoms with Crippen LogP contribution in [0.25, 0.3) is 0 Å². The van der Waals surface area contributed by atoms with E-state index in [-0.39, 0.29) is 18.0 Å². The van der Waals surface area contributed by atoms with Crippen LogP contribution in [0, 0.1) is 5.92 Å². The number of amides is 2. The summed E-state index contributed by atoms with van der Waals surface area (Å²) in [6.07, 6.45) is 0.978. The number of para-hydroxylation sites is 1. The van der Waals surface area contributed by atoms with Crippen molar-refractivity contribution in [2.24, 2.45) is 5.92 Å². The predicted molar refractivity (Wildman–Crippen MR) is 94.2 cm³/mol. The largest absolute Gasteiger partial charge is 0.467 e. The van der Waals surface area contributed by atoms with Crippen molar-refractivity contribution in [1.29, 1.82) is 0 Å². The minimum atomic E-state index is -0.713. The smallest absolute Gasteiger partial charge is 0.325 e. The highest BCUT2D eigenvalue weighted by atomic mass is 16.5. The molecule has 2 aromatic rings. The van der Waals surface area contributed by atoms with E-state index in [1.807, 2.05) is 43.3 Å². The Morgan fingerprint density at radius 1 is 1.17 bits per heavy atom. The van der Waals surface area contributed by atoms with Crippen LogP contribution in [0.4, 0.5) is 10.5 Å². The average molecular weight is 322 g/mol. The maximum Gasteiger partial charge on any atom is 0.325 e. The highest BCUT2D eigenvalue weighted by Gasteiger charge is 2.55. The van der Waals surface area contributed by atoms with Gasteiger partial charge in [0.1, 0.15) is 5.75 Å². The number of anilines is 1. The Morgan fingerprint density at radius 2 is 1.88 bits per heavy atom. The van der Waals surface area contributed by atoms with E-state index in [9.17, 15) is 4.79 Å². The van der Waals surface area contributed by atoms with Gasteiger partial charge >= 0.3 is 6.03 Å². The number of nitrogens with one attached hydrogen (secondary N) is 1. The molecule has 2 aliphatic heterocycles. The van der Waals surface area contributed by atoms with E-state index in [2.05, 4.69) is 31.3 Å². The predicted octanol–water partition coefficient (Wildman–Crippen LogP) is 4.26. The second kappa shape index (κ2) is 5.26. The third-order valence-corrected chi connectivity index (χ3v) is 5.44. The Morgan fingerprint density at radius 3 is 2.58 bits per heavy atom. The Hall–Kier alpha value is -2.49. The zero-order chi connectivity index (χ0) is 16.9. The lowest BCUT2D eigenvalue weighted by atomic mass is 9.80. The van der Waals surface area contributed by atoms with Crippen LogP contribution in [0.1, 0.15) is 37.9 Å². The minimum Gasteiger partial charge on any atom is -0.467 e. The fraction of sp³-hybridized carbons (Fsp3) is 0.350. The van der Waals surface area contributed by atoms with Gasteiger partial charge in [-0.2, -0.15) is 0 Å². The van der Waals surface area contributed by atoms with Crippen LogP contribution >= 0.6 is 0 Å². The maximum atomic E-state index is 12.9. The van der Waals surface area contributed by atoms with E-state index in [0.29, 0.717) is 0 Å². The number of rotatable bonds is 2. The topological polar surface area (TPSA) is 41.6 Å². The minimum absolute atomic E-state index is 0.0291. The first-order valence-electron chi connectivity index (χ1n) is 8.52. The van der Waals surface area contributed by atoms with Crippen LogP contribution in [-0.2, 0) is 6.42 Å². The van der Waals surface area contributed by atoms with E-state index < -0.39 is 5.72 Å². The number of nitrogens with zero attached hydrogens (tertiary/aromatic N) is 1. The van der Waals surface area contributed by atoms with Crippen LogP contribution in [-0.4, -0.2) is 11.8 Å². The molecular formula is C20H22N2O2. The van der Waals surface area contributed by atoms with Gasteiger partial charge in [-0.05, 0) is 37.1 Å². The van der Waals surface area contributed by atoms with Gasteiger partial charge in [-0.1, -0.05) is 44.2 Å². The SMILES string of the molecule is CCc1ccc(N2C(=O)N[C@H]3c4ccccc4O[C@@]2(C)[C@@H]3C)cc1. The lowest BCUT2D eigenvalue weighted by Gasteiger charge is -2.54. The zero-order valence-electron chi connectivity index (χ0n) is 14.2. The quantitative estimate of drug-likeness (QED) is 0.897. The molecule has 0 saturated carbocycles. The molecule has 4 heteroatoms. The van der Waals surface area contributed by atoms with Crippen molar-refractivity contribution >= 4 is 11.7 Å². The van der Waals surface area contributed by atoms with Gasteiger partial charge in [-0.25, -0.2) is 4.79 Å². The summed E-state index contributed by atoms with van der Waals surface area (Å²) < 4.78 is 6.36. The molecule has 4 rings (SSSR count). The molecule has 0 aliphatic carbocycles. The molecule has 0 radical (unpaired) electrons. The molecule has 1 saturated heterocycles. The van der Waals surface area contributed by atoms with Crippen LogP contribution in [0.15, 0.2) is 48.5 Å². The van der Waals surface area contributed by atoms with Crippen molar-refractivity contribution in [2.75, 3.05) is 4.90 Å². The van der Waals surface area contributed by atoms with Crippen LogP contribution < -0.4 is 15.0 Å². The molecule has 3 atom stereocenters. The van der Waals surface area contributed by atoms with E-state index in [1.54, 1.807) is 4.90 Å². The van der Waals surface area contributed by atoms with Gasteiger partial charge in [0, 0.05) is 17.2 Å². The van der Waals surface area contributed by atoms with Crippen molar-refractivity contribution in [3.63, 3.8) is 0 Å². The molecule has 124 valence electrons. The first-order valence-corrected chi connectivity index (χ1v) is 8.52. The molecule has 0 spiro atoms. The summed E-state index contributed by atoms with van der Waals surface area (Å²) in [6.45, 7) is 6.26. The van der Waals surface area contributed by atoms with E-state index in [1.165, 1.54) is 5.56 Å². The second-order valence-corrected chi connectivity index (χ2v) is 6.77. The molecule has 1 fully saturated rings. The Kier molecular flexibility index (Phi) is 3.30. The van der Waals surface area contributed by atoms with Gasteiger partial charge in [-0.3, -0.25) is 4.90 Å². The van der Waals surface area contributed by atoms with Crippen molar-refractivity contribution in [3.05, 3.63) is 59.7 Å². The van der Waals surface area contributed by atoms with Crippen molar-refractivity contribution in [1.82, 2.24) is 5.32 Å². The number of fused-ring (bicyclic) bond motifs is 4. The van der Waals surface area contributed by atoms with Gasteiger partial charge in [0.05, 0.1) is 6.04 Å². The van der Waals surface area contributed by atoms with Gasteiger partial charge in [0.15, 0.2) is 5.72 Å². The zero-order valence-corrected chi connectivity index (χ0v) is 14.2. The summed E-state index contributed by atoms with van der Waals surface area (Å²) in [5.74, 6) is 0.967. The molecule has 2 heterocycles. The number of aryl methyl sites for hydroxylation is 1. The van der Waals surface area contributed by atoms with Crippen LogP contribution in [0.5, 0.6) is 5.75 Å². The lowest BCUT2D eigenvalue weighted by molar-refractivity contribution is -0.0126. The Balaban J connectivity index is 1.81. The van der Waals surface area contributed by atoms with E-state index in [0.717, 1.165) is 23.4 Å². The molecule has 0 aromatic heterocycles. The standard InChI is InChI=1S/C20H22N2O2/c1-4-14-9-11-15(12-10-14)22-19(23)21-18-13(2)20(22,3)24-17-8-6-5-7-16(17)18/h5-13,18H,4H2,1-3H3,(H,21,23)/t13-,18-,20+/m1/s1.